The number of rotatable bonds is 8. The molecule has 28 heavy (non-hydrogen) atoms. The minimum atomic E-state index is -0.572. The van der Waals surface area contributed by atoms with E-state index in [2.05, 4.69) is 76.9 Å². The summed E-state index contributed by atoms with van der Waals surface area (Å²) in [4.78, 5) is 35.6. The first-order valence-electron chi connectivity index (χ1n) is 7.77. The number of aromatic nitrogens is 2. The van der Waals surface area contributed by atoms with Gasteiger partial charge in [0.25, 0.3) is 0 Å². The van der Waals surface area contributed by atoms with Gasteiger partial charge in [-0.25, -0.2) is 14.4 Å². The smallest absolute Gasteiger partial charge is 0.330 e. The van der Waals surface area contributed by atoms with Crippen LogP contribution in [0.15, 0.2) is 48.0 Å². The van der Waals surface area contributed by atoms with Crippen molar-refractivity contribution >= 4 is 86.7 Å². The monoisotopic (exact) mass is 642 g/mol. The third-order valence-electron chi connectivity index (χ3n) is 3.67. The lowest BCUT2D eigenvalue weighted by atomic mass is 10.3. The highest BCUT2D eigenvalue weighted by atomic mass is 79.9. The Bertz CT molecular complexity index is 947. The lowest BCUT2D eigenvalue weighted by molar-refractivity contribution is -0.138. The molecule has 0 spiro atoms. The number of hydrogen-bond acceptors (Lipinski definition) is 5. The van der Waals surface area contributed by atoms with Crippen LogP contribution >= 0.6 is 63.7 Å². The van der Waals surface area contributed by atoms with Crippen molar-refractivity contribution in [2.24, 2.45) is 0 Å². The van der Waals surface area contributed by atoms with Crippen LogP contribution in [-0.4, -0.2) is 34.3 Å². The number of benzene rings is 1. The average molecular weight is 646 g/mol. The van der Waals surface area contributed by atoms with Crippen molar-refractivity contribution in [1.82, 2.24) is 9.13 Å². The highest BCUT2D eigenvalue weighted by molar-refractivity contribution is 9.15. The van der Waals surface area contributed by atoms with E-state index < -0.39 is 11.9 Å². The summed E-state index contributed by atoms with van der Waals surface area (Å²) in [6, 6.07) is 0. The van der Waals surface area contributed by atoms with E-state index in [1.54, 1.807) is 0 Å². The van der Waals surface area contributed by atoms with Crippen LogP contribution in [0, 0.1) is 0 Å². The highest BCUT2D eigenvalue weighted by Gasteiger charge is 2.23. The number of fused-ring (bicyclic) bond motifs is 1. The van der Waals surface area contributed by atoms with Crippen molar-refractivity contribution < 1.29 is 19.1 Å². The predicted octanol–water partition coefficient (Wildman–Crippen LogP) is 4.31. The molecule has 150 valence electrons. The average Bonchev–Trinajstić information content (AvgIpc) is 2.96. The summed E-state index contributed by atoms with van der Waals surface area (Å²) in [7, 11) is 0. The molecule has 0 saturated heterocycles. The van der Waals surface area contributed by atoms with E-state index in [0.717, 1.165) is 12.2 Å². The van der Waals surface area contributed by atoms with E-state index in [0.29, 0.717) is 28.9 Å². The zero-order valence-corrected chi connectivity index (χ0v) is 20.7. The topological polar surface area (TPSA) is 79.5 Å². The number of halogens is 4. The van der Waals surface area contributed by atoms with Crippen molar-refractivity contribution in [3.05, 3.63) is 53.7 Å². The first kappa shape index (κ1) is 23.1. The van der Waals surface area contributed by atoms with Gasteiger partial charge in [-0.2, -0.15) is 0 Å². The number of esters is 2. The van der Waals surface area contributed by atoms with Gasteiger partial charge in [-0.3, -0.25) is 9.13 Å². The van der Waals surface area contributed by atoms with Crippen molar-refractivity contribution in [2.75, 3.05) is 13.2 Å². The van der Waals surface area contributed by atoms with Gasteiger partial charge < -0.3 is 9.47 Å². The van der Waals surface area contributed by atoms with Crippen LogP contribution in [0.4, 0.5) is 0 Å². The summed E-state index contributed by atoms with van der Waals surface area (Å²) < 4.78 is 15.7. The third-order valence-corrected chi connectivity index (χ3v) is 8.40. The zero-order chi connectivity index (χ0) is 21.0. The largest absolute Gasteiger partial charge is 0.461 e. The van der Waals surface area contributed by atoms with Gasteiger partial charge in [0.05, 0.1) is 33.1 Å². The molecule has 1 aromatic carbocycles. The molecule has 0 fully saturated rings. The normalized spacial score (nSPS) is 10.7. The van der Waals surface area contributed by atoms with Gasteiger partial charge in [0.2, 0.25) is 0 Å². The Balaban J connectivity index is 2.55. The van der Waals surface area contributed by atoms with Crippen LogP contribution in [-0.2, 0) is 32.2 Å². The Morgan fingerprint density at radius 1 is 0.786 bits per heavy atom. The van der Waals surface area contributed by atoms with Gasteiger partial charge in [0, 0.05) is 21.1 Å². The summed E-state index contributed by atoms with van der Waals surface area (Å²) in [6.07, 6.45) is 2.11. The molecular formula is C17H14Br4N2O5. The number of carbonyl (C=O) groups is 2. The Kier molecular flexibility index (Phi) is 8.29. The minimum Gasteiger partial charge on any atom is -0.461 e. The SMILES string of the molecule is C=CC(=O)OCCn1c(=O)n(CCOC(=O)C=C)c2c(Br)c(Br)c(Br)c(Br)c21. The van der Waals surface area contributed by atoms with E-state index in [1.807, 2.05) is 0 Å². The van der Waals surface area contributed by atoms with Gasteiger partial charge >= 0.3 is 17.6 Å². The molecule has 0 N–H and O–H groups in total. The van der Waals surface area contributed by atoms with Crippen molar-refractivity contribution in [1.29, 1.82) is 0 Å². The Morgan fingerprint density at radius 3 is 1.46 bits per heavy atom. The highest BCUT2D eigenvalue weighted by Crippen LogP contribution is 2.43. The summed E-state index contributed by atoms with van der Waals surface area (Å²) in [6.45, 7) is 6.93. The number of imidazole rings is 1. The standard InChI is InChI=1S/C17H14Br4N2O5/c1-3-9(24)27-7-5-22-15-13(20)11(18)12(19)14(21)16(15)23(17(22)26)6-8-28-10(25)4-2/h3-4H,1-2,5-8H2. The maximum Gasteiger partial charge on any atom is 0.330 e. The number of hydrogen-bond donors (Lipinski definition) is 0. The minimum absolute atomic E-state index is 0.00688. The fourth-order valence-corrected chi connectivity index (χ4v) is 4.95. The molecule has 0 unspecified atom stereocenters. The molecule has 2 rings (SSSR count). The second-order valence-electron chi connectivity index (χ2n) is 5.28. The van der Waals surface area contributed by atoms with Crippen LogP contribution in [0.2, 0.25) is 0 Å². The van der Waals surface area contributed by atoms with E-state index in [1.165, 1.54) is 9.13 Å². The molecule has 0 bridgehead atoms. The summed E-state index contributed by atoms with van der Waals surface area (Å²) >= 11 is 14.0. The van der Waals surface area contributed by atoms with Crippen LogP contribution in [0.5, 0.6) is 0 Å². The number of nitrogens with zero attached hydrogens (tertiary/aromatic N) is 2. The fraction of sp³-hybridized carbons (Fsp3) is 0.235. The van der Waals surface area contributed by atoms with E-state index in [4.69, 9.17) is 9.47 Å². The third kappa shape index (κ3) is 4.69. The molecule has 0 atom stereocenters. The van der Waals surface area contributed by atoms with Crippen molar-refractivity contribution in [2.45, 2.75) is 13.1 Å². The summed E-state index contributed by atoms with van der Waals surface area (Å²) in [5.74, 6) is -1.14. The summed E-state index contributed by atoms with van der Waals surface area (Å²) in [5.41, 5.74) is 0.846. The Morgan fingerprint density at radius 2 is 1.14 bits per heavy atom. The molecule has 11 heteroatoms. The second-order valence-corrected chi connectivity index (χ2v) is 8.45. The Labute approximate surface area is 193 Å². The van der Waals surface area contributed by atoms with Gasteiger partial charge in [-0.05, 0) is 63.7 Å². The zero-order valence-electron chi connectivity index (χ0n) is 14.3. The molecule has 1 heterocycles. The predicted molar refractivity (Wildman–Crippen MR) is 119 cm³/mol. The molecular weight excluding hydrogens is 632 g/mol. The van der Waals surface area contributed by atoms with Gasteiger partial charge in [-0.15, -0.1) is 0 Å². The molecule has 0 amide bonds. The van der Waals surface area contributed by atoms with Gasteiger partial charge in [0.15, 0.2) is 0 Å². The Hall–Kier alpha value is -1.17. The van der Waals surface area contributed by atoms with Crippen LogP contribution in [0.1, 0.15) is 0 Å². The molecule has 2 aromatic rings. The van der Waals surface area contributed by atoms with Crippen molar-refractivity contribution in [3.8, 4) is 0 Å². The fourth-order valence-electron chi connectivity index (χ4n) is 2.45. The lowest BCUT2D eigenvalue weighted by Gasteiger charge is -2.10. The number of carbonyl (C=O) groups excluding carboxylic acids is 2. The molecule has 0 saturated carbocycles. The molecule has 7 nitrogen and oxygen atoms in total. The van der Waals surface area contributed by atoms with Gasteiger partial charge in [-0.1, -0.05) is 13.2 Å². The second kappa shape index (κ2) is 10.0. The molecule has 0 aliphatic rings. The molecule has 0 aliphatic heterocycles. The van der Waals surface area contributed by atoms with E-state index in [-0.39, 0.29) is 32.0 Å². The first-order chi connectivity index (χ1) is 13.2. The molecule has 0 aliphatic carbocycles. The number of ether oxygens (including phenoxy) is 2. The lowest BCUT2D eigenvalue weighted by Crippen LogP contribution is -2.27. The van der Waals surface area contributed by atoms with Crippen LogP contribution in [0.3, 0.4) is 0 Å². The quantitative estimate of drug-likeness (QED) is 0.185. The van der Waals surface area contributed by atoms with E-state index >= 15 is 0 Å². The van der Waals surface area contributed by atoms with Gasteiger partial charge in [0.1, 0.15) is 13.2 Å². The van der Waals surface area contributed by atoms with Crippen molar-refractivity contribution in [3.63, 3.8) is 0 Å². The van der Waals surface area contributed by atoms with E-state index in [9.17, 15) is 14.4 Å². The van der Waals surface area contributed by atoms with Crippen LogP contribution in [0.25, 0.3) is 11.0 Å². The first-order valence-corrected chi connectivity index (χ1v) is 10.9. The molecule has 0 radical (unpaired) electrons. The van der Waals surface area contributed by atoms with Crippen LogP contribution < -0.4 is 5.69 Å². The maximum atomic E-state index is 13.0. The molecule has 1 aromatic heterocycles. The maximum absolute atomic E-state index is 13.0. The summed E-state index contributed by atoms with van der Waals surface area (Å²) in [5, 5.41) is 0.